The maximum atomic E-state index is 11.2. The van der Waals surface area contributed by atoms with Gasteiger partial charge in [-0.15, -0.1) is 0 Å². The van der Waals surface area contributed by atoms with Crippen molar-refractivity contribution in [3.8, 4) is 22.5 Å². The second-order valence-electron chi connectivity index (χ2n) is 8.50. The van der Waals surface area contributed by atoms with Gasteiger partial charge in [-0.25, -0.2) is 0 Å². The molecule has 0 N–H and O–H groups in total. The van der Waals surface area contributed by atoms with Crippen LogP contribution in [0.5, 0.6) is 0 Å². The van der Waals surface area contributed by atoms with Gasteiger partial charge in [0.1, 0.15) is 0 Å². The fraction of sp³-hybridized carbons (Fsp3) is 0.222. The Balaban J connectivity index is 1.88. The van der Waals surface area contributed by atoms with Gasteiger partial charge in [0.25, 0.3) is 5.69 Å². The van der Waals surface area contributed by atoms with Crippen LogP contribution in [0.1, 0.15) is 33.4 Å². The third-order valence-electron chi connectivity index (χ3n) is 6.20. The van der Waals surface area contributed by atoms with Gasteiger partial charge in [0.15, 0.2) is 0 Å². The minimum absolute atomic E-state index is 0.0912. The molecule has 0 bridgehead atoms. The number of nitro groups is 1. The molecular weight excluding hydrogens is 398 g/mol. The highest BCUT2D eigenvalue weighted by molar-refractivity contribution is 5.75. The minimum Gasteiger partial charge on any atom is -0.260 e. The second kappa shape index (κ2) is 8.42. The van der Waals surface area contributed by atoms with Gasteiger partial charge in [0.2, 0.25) is 0 Å². The summed E-state index contributed by atoms with van der Waals surface area (Å²) in [5.41, 5.74) is 11.1. The van der Waals surface area contributed by atoms with Gasteiger partial charge in [-0.1, -0.05) is 36.4 Å². The summed E-state index contributed by atoms with van der Waals surface area (Å²) in [7, 11) is 0. The summed E-state index contributed by atoms with van der Waals surface area (Å²) >= 11 is 0. The van der Waals surface area contributed by atoms with Crippen LogP contribution in [0.15, 0.2) is 60.7 Å². The summed E-state index contributed by atoms with van der Waals surface area (Å²) in [6.45, 7) is 11.0. The maximum absolute atomic E-state index is 11.2. The van der Waals surface area contributed by atoms with Crippen LogP contribution < -0.4 is 0 Å². The first-order chi connectivity index (χ1) is 15.2. The molecule has 1 heterocycles. The molecule has 0 aliphatic heterocycles. The van der Waals surface area contributed by atoms with Gasteiger partial charge in [-0.05, 0) is 74.6 Å². The average molecular weight is 426 g/mol. The zero-order valence-electron chi connectivity index (χ0n) is 19.1. The van der Waals surface area contributed by atoms with E-state index in [9.17, 15) is 10.1 Å². The highest BCUT2D eigenvalue weighted by Gasteiger charge is 2.19. The Morgan fingerprint density at radius 2 is 1.44 bits per heavy atom. The first kappa shape index (κ1) is 21.5. The first-order valence-electron chi connectivity index (χ1n) is 10.7. The molecule has 162 valence electrons. The van der Waals surface area contributed by atoms with Crippen LogP contribution in [0.3, 0.4) is 0 Å². The number of non-ortho nitro benzene ring substituents is 1. The predicted octanol–water partition coefficient (Wildman–Crippen LogP) is 6.72. The number of nitro benzene ring substituents is 1. The Bertz CT molecular complexity index is 1330. The number of aromatic nitrogens is 2. The lowest BCUT2D eigenvalue weighted by Gasteiger charge is -2.11. The summed E-state index contributed by atoms with van der Waals surface area (Å²) in [6.07, 6.45) is 0. The van der Waals surface area contributed by atoms with E-state index in [1.165, 1.54) is 28.3 Å². The van der Waals surface area contributed by atoms with Gasteiger partial charge >= 0.3 is 0 Å². The van der Waals surface area contributed by atoms with E-state index in [1.807, 2.05) is 10.7 Å². The van der Waals surface area contributed by atoms with Crippen LogP contribution in [0.2, 0.25) is 0 Å². The van der Waals surface area contributed by atoms with E-state index >= 15 is 0 Å². The number of rotatable bonds is 5. The molecule has 0 spiro atoms. The van der Waals surface area contributed by atoms with Crippen molar-refractivity contribution in [1.29, 1.82) is 0 Å². The molecule has 0 unspecified atom stereocenters. The van der Waals surface area contributed by atoms with E-state index in [1.54, 1.807) is 12.1 Å². The van der Waals surface area contributed by atoms with Gasteiger partial charge in [-0.3, -0.25) is 14.8 Å². The van der Waals surface area contributed by atoms with Crippen LogP contribution in [0, 0.1) is 44.7 Å². The maximum Gasteiger partial charge on any atom is 0.269 e. The van der Waals surface area contributed by atoms with E-state index in [2.05, 4.69) is 71.0 Å². The largest absolute Gasteiger partial charge is 0.269 e. The average Bonchev–Trinajstić information content (AvgIpc) is 3.08. The van der Waals surface area contributed by atoms with Gasteiger partial charge in [0, 0.05) is 28.8 Å². The van der Waals surface area contributed by atoms with Crippen LogP contribution in [-0.4, -0.2) is 14.7 Å². The van der Waals surface area contributed by atoms with Crippen molar-refractivity contribution in [2.45, 2.75) is 41.2 Å². The quantitative estimate of drug-likeness (QED) is 0.263. The highest BCUT2D eigenvalue weighted by atomic mass is 16.6. The van der Waals surface area contributed by atoms with E-state index in [0.717, 1.165) is 33.6 Å². The fourth-order valence-electron chi connectivity index (χ4n) is 4.02. The molecule has 0 aliphatic carbocycles. The van der Waals surface area contributed by atoms with Crippen LogP contribution in [0.25, 0.3) is 22.5 Å². The van der Waals surface area contributed by atoms with Crippen LogP contribution >= 0.6 is 0 Å². The Morgan fingerprint density at radius 3 is 2.06 bits per heavy atom. The summed E-state index contributed by atoms with van der Waals surface area (Å²) < 4.78 is 1.98. The smallest absolute Gasteiger partial charge is 0.260 e. The van der Waals surface area contributed by atoms with E-state index < -0.39 is 0 Å². The van der Waals surface area contributed by atoms with Gasteiger partial charge in [0.05, 0.1) is 22.9 Å². The van der Waals surface area contributed by atoms with Crippen LogP contribution in [-0.2, 0) is 6.54 Å². The standard InChI is InChI=1S/C27H27N3O2/c1-17-9-11-23(13-19(17)3)26-21(5)27(24-12-10-18(2)20(4)14-24)29(28-26)16-22-7-6-8-25(15-22)30(31)32/h6-15H,16H2,1-5H3. The summed E-state index contributed by atoms with van der Waals surface area (Å²) in [5.74, 6) is 0. The van der Waals surface area contributed by atoms with E-state index in [-0.39, 0.29) is 10.6 Å². The molecule has 5 heteroatoms. The molecule has 4 rings (SSSR count). The van der Waals surface area contributed by atoms with Crippen molar-refractivity contribution in [3.63, 3.8) is 0 Å². The van der Waals surface area contributed by atoms with E-state index in [0.29, 0.717) is 6.54 Å². The third-order valence-corrected chi connectivity index (χ3v) is 6.20. The SMILES string of the molecule is Cc1ccc(-c2nn(Cc3cccc([N+](=O)[O-])c3)c(-c3ccc(C)c(C)c3)c2C)cc1C. The van der Waals surface area contributed by atoms with Crippen molar-refractivity contribution in [1.82, 2.24) is 9.78 Å². The summed E-state index contributed by atoms with van der Waals surface area (Å²) in [5, 5.41) is 16.2. The van der Waals surface area contributed by atoms with Crippen molar-refractivity contribution < 1.29 is 4.92 Å². The molecule has 1 aromatic heterocycles. The monoisotopic (exact) mass is 425 g/mol. The lowest BCUT2D eigenvalue weighted by molar-refractivity contribution is -0.384. The number of nitrogens with zero attached hydrogens (tertiary/aromatic N) is 3. The predicted molar refractivity (Wildman–Crippen MR) is 129 cm³/mol. The molecule has 0 radical (unpaired) electrons. The number of benzene rings is 3. The van der Waals surface area contributed by atoms with Crippen molar-refractivity contribution in [2.24, 2.45) is 0 Å². The van der Waals surface area contributed by atoms with Crippen molar-refractivity contribution in [3.05, 3.63) is 104 Å². The number of hydrogen-bond donors (Lipinski definition) is 0. The van der Waals surface area contributed by atoms with Gasteiger partial charge in [-0.2, -0.15) is 5.10 Å². The molecule has 0 amide bonds. The van der Waals surface area contributed by atoms with Crippen molar-refractivity contribution >= 4 is 5.69 Å². The molecule has 0 atom stereocenters. The van der Waals surface area contributed by atoms with E-state index in [4.69, 9.17) is 5.10 Å². The molecule has 0 saturated heterocycles. The molecular formula is C27H27N3O2. The molecule has 0 fully saturated rings. The fourth-order valence-corrected chi connectivity index (χ4v) is 4.02. The summed E-state index contributed by atoms with van der Waals surface area (Å²) in [6, 6.07) is 19.6. The van der Waals surface area contributed by atoms with Crippen molar-refractivity contribution in [2.75, 3.05) is 0 Å². The van der Waals surface area contributed by atoms with Gasteiger partial charge < -0.3 is 0 Å². The Morgan fingerprint density at radius 1 is 0.812 bits per heavy atom. The zero-order valence-corrected chi connectivity index (χ0v) is 19.1. The number of hydrogen-bond acceptors (Lipinski definition) is 3. The second-order valence-corrected chi connectivity index (χ2v) is 8.50. The van der Waals surface area contributed by atoms with Crippen LogP contribution in [0.4, 0.5) is 5.69 Å². The molecule has 5 nitrogen and oxygen atoms in total. The Kier molecular flexibility index (Phi) is 5.66. The normalized spacial score (nSPS) is 11.0. The third kappa shape index (κ3) is 4.06. The molecule has 0 aliphatic rings. The lowest BCUT2D eigenvalue weighted by Crippen LogP contribution is -2.05. The topological polar surface area (TPSA) is 61.0 Å². The minimum atomic E-state index is -0.359. The molecule has 3 aromatic carbocycles. The molecule has 4 aromatic rings. The lowest BCUT2D eigenvalue weighted by atomic mass is 9.98. The highest BCUT2D eigenvalue weighted by Crippen LogP contribution is 2.34. The number of aryl methyl sites for hydroxylation is 4. The zero-order chi connectivity index (χ0) is 23.0. The Hall–Kier alpha value is -3.73. The Labute approximate surface area is 188 Å². The summed E-state index contributed by atoms with van der Waals surface area (Å²) in [4.78, 5) is 10.9. The molecule has 0 saturated carbocycles. The molecule has 32 heavy (non-hydrogen) atoms. The first-order valence-corrected chi connectivity index (χ1v) is 10.7.